The minimum atomic E-state index is -3.65. The second kappa shape index (κ2) is 6.74. The van der Waals surface area contributed by atoms with Crippen LogP contribution in [0.3, 0.4) is 0 Å². The monoisotopic (exact) mass is 385 g/mol. The molecule has 1 saturated heterocycles. The van der Waals surface area contributed by atoms with Crippen LogP contribution in [-0.2, 0) is 16.6 Å². The molecule has 0 radical (unpaired) electrons. The Morgan fingerprint density at radius 1 is 1.15 bits per heavy atom. The van der Waals surface area contributed by atoms with Crippen molar-refractivity contribution in [2.75, 3.05) is 26.7 Å². The summed E-state index contributed by atoms with van der Waals surface area (Å²) in [6, 6.07) is 17.0. The van der Waals surface area contributed by atoms with Gasteiger partial charge in [0, 0.05) is 38.8 Å². The predicted octanol–water partition coefficient (Wildman–Crippen LogP) is 1.70. The fourth-order valence-electron chi connectivity index (χ4n) is 3.93. The first kappa shape index (κ1) is 18.2. The number of likely N-dealkylation sites (tertiary alicyclic amines) is 1. The van der Waals surface area contributed by atoms with E-state index in [0.29, 0.717) is 30.9 Å². The number of β-amino-alcohol motifs (C(OH)–C–C–N with tert-alkyl or cyclic N) is 1. The maximum atomic E-state index is 12.3. The molecule has 1 unspecified atom stereocenters. The Kier molecular flexibility index (Phi) is 4.53. The van der Waals surface area contributed by atoms with Crippen molar-refractivity contribution in [1.82, 2.24) is 9.80 Å². The summed E-state index contributed by atoms with van der Waals surface area (Å²) in [6.07, 6.45) is 0.645. The van der Waals surface area contributed by atoms with Gasteiger partial charge in [0.2, 0.25) is 0 Å². The van der Waals surface area contributed by atoms with Crippen LogP contribution in [0.5, 0.6) is 0 Å². The van der Waals surface area contributed by atoms with E-state index in [1.807, 2.05) is 18.2 Å². The smallest absolute Gasteiger partial charge is 0.285 e. The van der Waals surface area contributed by atoms with Gasteiger partial charge in [0.1, 0.15) is 4.90 Å². The molecule has 0 saturated carbocycles. The third-order valence-electron chi connectivity index (χ3n) is 5.17. The number of nitrogens with zero attached hydrogens (tertiary/aromatic N) is 3. The topological polar surface area (TPSA) is 73.2 Å². The second-order valence-corrected chi connectivity index (χ2v) is 8.99. The van der Waals surface area contributed by atoms with Crippen LogP contribution in [0.25, 0.3) is 0 Å². The first-order chi connectivity index (χ1) is 12.9. The normalized spacial score (nSPS) is 23.9. The number of likely N-dealkylation sites (N-methyl/N-ethyl adjacent to an activating group) is 1. The highest BCUT2D eigenvalue weighted by atomic mass is 32.2. The molecule has 0 bridgehead atoms. The predicted molar refractivity (Wildman–Crippen MR) is 104 cm³/mol. The molecule has 2 heterocycles. The largest absolute Gasteiger partial charge is 0.387 e. The van der Waals surface area contributed by atoms with Gasteiger partial charge in [-0.05, 0) is 24.1 Å². The number of fused-ring (bicyclic) bond motifs is 1. The number of amidine groups is 1. The summed E-state index contributed by atoms with van der Waals surface area (Å²) in [5.74, 6) is 0.403. The van der Waals surface area contributed by atoms with Gasteiger partial charge < -0.3 is 10.0 Å². The van der Waals surface area contributed by atoms with Gasteiger partial charge in [0.25, 0.3) is 10.0 Å². The Morgan fingerprint density at radius 2 is 1.85 bits per heavy atom. The molecule has 2 aliphatic rings. The van der Waals surface area contributed by atoms with Gasteiger partial charge in [-0.2, -0.15) is 8.42 Å². The van der Waals surface area contributed by atoms with Gasteiger partial charge in [0.05, 0.1) is 5.60 Å². The molecule has 142 valence electrons. The molecule has 0 spiro atoms. The van der Waals surface area contributed by atoms with Gasteiger partial charge in [-0.15, -0.1) is 4.40 Å². The number of hydrogen-bond acceptors (Lipinski definition) is 5. The van der Waals surface area contributed by atoms with Gasteiger partial charge in [0.15, 0.2) is 5.84 Å². The van der Waals surface area contributed by atoms with Crippen molar-refractivity contribution in [3.8, 4) is 0 Å². The molecule has 1 fully saturated rings. The summed E-state index contributed by atoms with van der Waals surface area (Å²) in [4.78, 5) is 4.22. The van der Waals surface area contributed by atoms with Crippen molar-refractivity contribution in [2.45, 2.75) is 23.5 Å². The van der Waals surface area contributed by atoms with E-state index >= 15 is 0 Å². The van der Waals surface area contributed by atoms with E-state index in [9.17, 15) is 13.5 Å². The zero-order chi connectivity index (χ0) is 19.1. The molecule has 2 aliphatic heterocycles. The zero-order valence-electron chi connectivity index (χ0n) is 15.2. The minimum absolute atomic E-state index is 0.232. The first-order valence-corrected chi connectivity index (χ1v) is 10.4. The summed E-state index contributed by atoms with van der Waals surface area (Å²) in [6.45, 7) is 2.49. The number of aliphatic hydroxyl groups is 1. The first-order valence-electron chi connectivity index (χ1n) is 9.01. The highest BCUT2D eigenvalue weighted by molar-refractivity contribution is 7.90. The van der Waals surface area contributed by atoms with Crippen LogP contribution in [0.4, 0.5) is 0 Å². The Hall–Kier alpha value is -2.22. The highest BCUT2D eigenvalue weighted by Gasteiger charge is 2.39. The average Bonchev–Trinajstić information content (AvgIpc) is 3.13. The SMILES string of the molecule is CN(CC1(O)CCN(Cc2ccccc2)C1)C1=NS(=O)(=O)c2ccccc21. The molecule has 1 atom stereocenters. The molecular weight excluding hydrogens is 362 g/mol. The minimum Gasteiger partial charge on any atom is -0.387 e. The van der Waals surface area contributed by atoms with Gasteiger partial charge in [-0.1, -0.05) is 42.5 Å². The van der Waals surface area contributed by atoms with Crippen LogP contribution in [-0.4, -0.2) is 61.4 Å². The van der Waals surface area contributed by atoms with Crippen LogP contribution < -0.4 is 0 Å². The molecule has 1 N–H and O–H groups in total. The Balaban J connectivity index is 1.47. The summed E-state index contributed by atoms with van der Waals surface area (Å²) in [5.41, 5.74) is 0.922. The lowest BCUT2D eigenvalue weighted by atomic mass is 10.0. The van der Waals surface area contributed by atoms with E-state index in [0.717, 1.165) is 13.1 Å². The quantitative estimate of drug-likeness (QED) is 0.867. The highest BCUT2D eigenvalue weighted by Crippen LogP contribution is 2.29. The van der Waals surface area contributed by atoms with E-state index in [-0.39, 0.29) is 4.90 Å². The van der Waals surface area contributed by atoms with Gasteiger partial charge in [-0.3, -0.25) is 4.90 Å². The maximum absolute atomic E-state index is 12.3. The van der Waals surface area contributed by atoms with Gasteiger partial charge >= 0.3 is 0 Å². The third kappa shape index (κ3) is 3.63. The number of rotatable bonds is 4. The lowest BCUT2D eigenvalue weighted by molar-refractivity contribution is 0.0323. The molecular formula is C20H23N3O3S. The third-order valence-corrected chi connectivity index (χ3v) is 6.49. The maximum Gasteiger partial charge on any atom is 0.285 e. The van der Waals surface area contributed by atoms with Crippen molar-refractivity contribution in [3.63, 3.8) is 0 Å². The number of benzene rings is 2. The average molecular weight is 385 g/mol. The Morgan fingerprint density at radius 3 is 2.63 bits per heavy atom. The molecule has 6 nitrogen and oxygen atoms in total. The van der Waals surface area contributed by atoms with E-state index in [2.05, 4.69) is 21.4 Å². The molecule has 2 aromatic carbocycles. The molecule has 2 aromatic rings. The molecule has 0 aliphatic carbocycles. The molecule has 0 amide bonds. The van der Waals surface area contributed by atoms with Crippen LogP contribution in [0.1, 0.15) is 17.5 Å². The molecule has 7 heteroatoms. The van der Waals surface area contributed by atoms with E-state index in [1.165, 1.54) is 5.56 Å². The van der Waals surface area contributed by atoms with E-state index in [1.54, 1.807) is 36.2 Å². The Labute approximate surface area is 159 Å². The van der Waals surface area contributed by atoms with Crippen LogP contribution in [0.15, 0.2) is 63.9 Å². The van der Waals surface area contributed by atoms with Crippen molar-refractivity contribution in [2.24, 2.45) is 4.40 Å². The lowest BCUT2D eigenvalue weighted by Gasteiger charge is -2.30. The molecule has 27 heavy (non-hydrogen) atoms. The van der Waals surface area contributed by atoms with Crippen LogP contribution in [0.2, 0.25) is 0 Å². The zero-order valence-corrected chi connectivity index (χ0v) is 16.1. The van der Waals surface area contributed by atoms with E-state index in [4.69, 9.17) is 0 Å². The number of hydrogen-bond donors (Lipinski definition) is 1. The molecule has 4 rings (SSSR count). The fraction of sp³-hybridized carbons (Fsp3) is 0.350. The lowest BCUT2D eigenvalue weighted by Crippen LogP contribution is -2.45. The summed E-state index contributed by atoms with van der Waals surface area (Å²) in [7, 11) is -1.86. The summed E-state index contributed by atoms with van der Waals surface area (Å²) in [5, 5.41) is 11.1. The van der Waals surface area contributed by atoms with Gasteiger partial charge in [-0.25, -0.2) is 0 Å². The summed E-state index contributed by atoms with van der Waals surface area (Å²) >= 11 is 0. The molecule has 0 aromatic heterocycles. The Bertz CT molecular complexity index is 975. The summed E-state index contributed by atoms with van der Waals surface area (Å²) < 4.78 is 28.4. The van der Waals surface area contributed by atoms with Crippen LogP contribution >= 0.6 is 0 Å². The van der Waals surface area contributed by atoms with Crippen molar-refractivity contribution in [1.29, 1.82) is 0 Å². The second-order valence-electron chi connectivity index (χ2n) is 7.41. The fourth-order valence-corrected chi connectivity index (χ4v) is 5.18. The van der Waals surface area contributed by atoms with E-state index < -0.39 is 15.6 Å². The van der Waals surface area contributed by atoms with Crippen molar-refractivity contribution >= 4 is 15.9 Å². The standard InChI is InChI=1S/C20H23N3O3S/c1-22(19-17-9-5-6-10-18(17)27(25,26)21-19)14-20(24)11-12-23(15-20)13-16-7-3-2-4-8-16/h2-10,24H,11-15H2,1H3. The van der Waals surface area contributed by atoms with Crippen molar-refractivity contribution in [3.05, 3.63) is 65.7 Å². The number of sulfonamides is 1. The van der Waals surface area contributed by atoms with Crippen LogP contribution in [0, 0.1) is 0 Å². The van der Waals surface area contributed by atoms with Crippen molar-refractivity contribution < 1.29 is 13.5 Å².